The number of amides is 1. The number of para-hydroxylation sites is 1. The maximum atomic E-state index is 11.7. The van der Waals surface area contributed by atoms with Crippen LogP contribution < -0.4 is 4.90 Å². The number of benzene rings is 1. The molecule has 1 aromatic carbocycles. The third-order valence-electron chi connectivity index (χ3n) is 2.91. The van der Waals surface area contributed by atoms with Crippen molar-refractivity contribution in [3.05, 3.63) is 30.3 Å². The predicted octanol–water partition coefficient (Wildman–Crippen LogP) is 1.40. The van der Waals surface area contributed by atoms with Gasteiger partial charge in [-0.25, -0.2) is 0 Å². The van der Waals surface area contributed by atoms with E-state index < -0.39 is 0 Å². The summed E-state index contributed by atoms with van der Waals surface area (Å²) in [6.07, 6.45) is 0.886. The Morgan fingerprint density at radius 1 is 1.29 bits per heavy atom. The molecule has 0 aliphatic carbocycles. The van der Waals surface area contributed by atoms with Gasteiger partial charge in [0, 0.05) is 5.69 Å². The van der Waals surface area contributed by atoms with Gasteiger partial charge in [0.25, 0.3) is 0 Å². The average Bonchev–Trinajstić information content (AvgIpc) is 2.63. The summed E-state index contributed by atoms with van der Waals surface area (Å²) in [7, 11) is 0. The summed E-state index contributed by atoms with van der Waals surface area (Å²) >= 11 is 0. The van der Waals surface area contributed by atoms with E-state index in [0.29, 0.717) is 6.61 Å². The van der Waals surface area contributed by atoms with Crippen LogP contribution in [0.1, 0.15) is 6.42 Å². The molecule has 2 atom stereocenters. The maximum absolute atomic E-state index is 11.7. The zero-order valence-electron chi connectivity index (χ0n) is 7.72. The zero-order valence-corrected chi connectivity index (χ0v) is 7.72. The summed E-state index contributed by atoms with van der Waals surface area (Å²) in [5.41, 5.74) is 0.945. The molecule has 1 aromatic rings. The molecule has 2 aliphatic heterocycles. The van der Waals surface area contributed by atoms with Gasteiger partial charge in [-0.05, 0) is 18.6 Å². The van der Waals surface area contributed by atoms with Crippen LogP contribution >= 0.6 is 0 Å². The SMILES string of the molecule is O=C1C2CCOC2N1c1ccccc1. The van der Waals surface area contributed by atoms with Crippen molar-refractivity contribution in [3.63, 3.8) is 0 Å². The molecule has 0 spiro atoms. The molecule has 0 radical (unpaired) electrons. The number of carbonyl (C=O) groups excluding carboxylic acids is 1. The molecule has 3 heteroatoms. The number of carbonyl (C=O) groups is 1. The summed E-state index contributed by atoms with van der Waals surface area (Å²) in [5.74, 6) is 0.328. The summed E-state index contributed by atoms with van der Waals surface area (Å²) in [4.78, 5) is 13.4. The topological polar surface area (TPSA) is 29.5 Å². The molecular formula is C11H11NO2. The van der Waals surface area contributed by atoms with Gasteiger partial charge in [-0.1, -0.05) is 18.2 Å². The van der Waals surface area contributed by atoms with Crippen molar-refractivity contribution in [1.29, 1.82) is 0 Å². The molecule has 3 rings (SSSR count). The van der Waals surface area contributed by atoms with E-state index in [-0.39, 0.29) is 18.1 Å². The zero-order chi connectivity index (χ0) is 9.54. The summed E-state index contributed by atoms with van der Waals surface area (Å²) in [6.45, 7) is 0.713. The first kappa shape index (κ1) is 8.00. The quantitative estimate of drug-likeness (QED) is 0.625. The van der Waals surface area contributed by atoms with Crippen molar-refractivity contribution in [2.75, 3.05) is 11.5 Å². The van der Waals surface area contributed by atoms with Crippen LogP contribution in [0.25, 0.3) is 0 Å². The fourth-order valence-corrected chi connectivity index (χ4v) is 2.16. The van der Waals surface area contributed by atoms with E-state index in [1.807, 2.05) is 30.3 Å². The van der Waals surface area contributed by atoms with Crippen molar-refractivity contribution in [3.8, 4) is 0 Å². The van der Waals surface area contributed by atoms with Gasteiger partial charge in [-0.15, -0.1) is 0 Å². The normalized spacial score (nSPS) is 30.0. The van der Waals surface area contributed by atoms with Gasteiger partial charge in [0.05, 0.1) is 12.5 Å². The molecule has 3 nitrogen and oxygen atoms in total. The highest BCUT2D eigenvalue weighted by atomic mass is 16.5. The lowest BCUT2D eigenvalue weighted by atomic mass is 9.94. The van der Waals surface area contributed by atoms with Crippen LogP contribution in [-0.2, 0) is 9.53 Å². The lowest BCUT2D eigenvalue weighted by Crippen LogP contribution is -2.59. The first-order chi connectivity index (χ1) is 6.88. The first-order valence-corrected chi connectivity index (χ1v) is 4.87. The molecule has 1 amide bonds. The third kappa shape index (κ3) is 0.930. The van der Waals surface area contributed by atoms with Crippen LogP contribution in [0.3, 0.4) is 0 Å². The fourth-order valence-electron chi connectivity index (χ4n) is 2.16. The Labute approximate surface area is 82.3 Å². The molecule has 72 valence electrons. The molecule has 2 unspecified atom stereocenters. The second-order valence-electron chi connectivity index (χ2n) is 3.70. The number of nitrogens with zero attached hydrogens (tertiary/aromatic N) is 1. The largest absolute Gasteiger partial charge is 0.357 e. The third-order valence-corrected chi connectivity index (χ3v) is 2.91. The molecule has 2 fully saturated rings. The van der Waals surface area contributed by atoms with E-state index >= 15 is 0 Å². The smallest absolute Gasteiger partial charge is 0.236 e. The molecule has 0 saturated carbocycles. The Bertz CT molecular complexity index is 363. The molecule has 2 heterocycles. The Hall–Kier alpha value is -1.35. The highest BCUT2D eigenvalue weighted by Crippen LogP contribution is 2.38. The Balaban J connectivity index is 1.90. The molecule has 2 aliphatic rings. The number of anilines is 1. The van der Waals surface area contributed by atoms with Gasteiger partial charge in [0.15, 0.2) is 0 Å². The van der Waals surface area contributed by atoms with Crippen molar-refractivity contribution >= 4 is 11.6 Å². The molecule has 14 heavy (non-hydrogen) atoms. The number of hydrogen-bond acceptors (Lipinski definition) is 2. The van der Waals surface area contributed by atoms with Crippen LogP contribution in [0.2, 0.25) is 0 Å². The average molecular weight is 189 g/mol. The molecule has 0 aromatic heterocycles. The van der Waals surface area contributed by atoms with Gasteiger partial charge in [0.1, 0.15) is 6.23 Å². The summed E-state index contributed by atoms with van der Waals surface area (Å²) < 4.78 is 5.49. The lowest BCUT2D eigenvalue weighted by molar-refractivity contribution is -0.135. The van der Waals surface area contributed by atoms with E-state index in [1.54, 1.807) is 4.90 Å². The van der Waals surface area contributed by atoms with Gasteiger partial charge in [0.2, 0.25) is 5.91 Å². The van der Waals surface area contributed by atoms with Crippen LogP contribution in [0, 0.1) is 5.92 Å². The van der Waals surface area contributed by atoms with Gasteiger partial charge in [-0.2, -0.15) is 0 Å². The Morgan fingerprint density at radius 2 is 2.07 bits per heavy atom. The van der Waals surface area contributed by atoms with Gasteiger partial charge in [-0.3, -0.25) is 9.69 Å². The lowest BCUT2D eigenvalue weighted by Gasteiger charge is -2.41. The molecule has 0 bridgehead atoms. The van der Waals surface area contributed by atoms with Crippen LogP contribution in [0.5, 0.6) is 0 Å². The number of hydrogen-bond donors (Lipinski definition) is 0. The van der Waals surface area contributed by atoms with E-state index in [9.17, 15) is 4.79 Å². The van der Waals surface area contributed by atoms with Gasteiger partial charge >= 0.3 is 0 Å². The van der Waals surface area contributed by atoms with E-state index in [0.717, 1.165) is 12.1 Å². The van der Waals surface area contributed by atoms with E-state index in [2.05, 4.69) is 0 Å². The minimum absolute atomic E-state index is 0.00454. The molecule has 2 saturated heterocycles. The predicted molar refractivity (Wildman–Crippen MR) is 51.8 cm³/mol. The van der Waals surface area contributed by atoms with Crippen LogP contribution in [0.4, 0.5) is 5.69 Å². The number of fused-ring (bicyclic) bond motifs is 1. The first-order valence-electron chi connectivity index (χ1n) is 4.87. The van der Waals surface area contributed by atoms with Crippen LogP contribution in [0.15, 0.2) is 30.3 Å². The van der Waals surface area contributed by atoms with Crippen LogP contribution in [-0.4, -0.2) is 18.7 Å². The second-order valence-corrected chi connectivity index (χ2v) is 3.70. The van der Waals surface area contributed by atoms with Crippen molar-refractivity contribution in [1.82, 2.24) is 0 Å². The number of β-lactam (4-membered cyclic amide) rings is 1. The van der Waals surface area contributed by atoms with Crippen molar-refractivity contribution in [2.24, 2.45) is 5.92 Å². The standard InChI is InChI=1S/C11H11NO2/c13-10-9-6-7-14-11(9)12(10)8-4-2-1-3-5-8/h1-5,9,11H,6-7H2. The summed E-state index contributed by atoms with van der Waals surface area (Å²) in [5, 5.41) is 0. The fraction of sp³-hybridized carbons (Fsp3) is 0.364. The van der Waals surface area contributed by atoms with E-state index in [4.69, 9.17) is 4.74 Å². The minimum atomic E-state index is 0.00454. The number of rotatable bonds is 1. The minimum Gasteiger partial charge on any atom is -0.357 e. The number of ether oxygens (including phenoxy) is 1. The highest BCUT2D eigenvalue weighted by molar-refractivity contribution is 6.02. The maximum Gasteiger partial charge on any atom is 0.236 e. The second kappa shape index (κ2) is 2.82. The monoisotopic (exact) mass is 189 g/mol. The van der Waals surface area contributed by atoms with Crippen molar-refractivity contribution < 1.29 is 9.53 Å². The highest BCUT2D eigenvalue weighted by Gasteiger charge is 2.51. The van der Waals surface area contributed by atoms with E-state index in [1.165, 1.54) is 0 Å². The Kier molecular flexibility index (Phi) is 1.61. The van der Waals surface area contributed by atoms with Crippen molar-refractivity contribution in [2.45, 2.75) is 12.6 Å². The molecular weight excluding hydrogens is 178 g/mol. The van der Waals surface area contributed by atoms with Gasteiger partial charge < -0.3 is 4.74 Å². The summed E-state index contributed by atoms with van der Waals surface area (Å²) in [6, 6.07) is 9.70. The Morgan fingerprint density at radius 3 is 2.86 bits per heavy atom. The molecule has 0 N–H and O–H groups in total.